The van der Waals surface area contributed by atoms with E-state index in [4.69, 9.17) is 5.73 Å². The van der Waals surface area contributed by atoms with Gasteiger partial charge in [0.25, 0.3) is 0 Å². The SMILES string of the molecule is CS(=O)(=O)c1ccc(CNC(=O)N2CCc3c(cccc3C(N)=O)C2)s1. The van der Waals surface area contributed by atoms with Crippen LogP contribution in [0.5, 0.6) is 0 Å². The van der Waals surface area contributed by atoms with Gasteiger partial charge in [-0.15, -0.1) is 11.3 Å². The maximum atomic E-state index is 12.4. The molecule has 3 N–H and O–H groups in total. The topological polar surface area (TPSA) is 110 Å². The number of amides is 3. The molecule has 9 heteroatoms. The van der Waals surface area contributed by atoms with Gasteiger partial charge in [0.05, 0.1) is 6.54 Å². The Labute approximate surface area is 155 Å². The molecule has 1 aliphatic rings. The molecule has 2 aromatic rings. The molecule has 0 unspecified atom stereocenters. The third-order valence-corrected chi connectivity index (χ3v) is 7.14. The number of carbonyl (C=O) groups is 2. The molecule has 0 radical (unpaired) electrons. The summed E-state index contributed by atoms with van der Waals surface area (Å²) >= 11 is 1.15. The van der Waals surface area contributed by atoms with Crippen LogP contribution in [0.15, 0.2) is 34.5 Å². The zero-order valence-electron chi connectivity index (χ0n) is 14.2. The molecular formula is C17H19N3O4S2. The molecule has 0 aliphatic carbocycles. The van der Waals surface area contributed by atoms with Crippen LogP contribution in [0, 0.1) is 0 Å². The maximum absolute atomic E-state index is 12.4. The number of sulfone groups is 1. The Morgan fingerprint density at radius 3 is 2.69 bits per heavy atom. The van der Waals surface area contributed by atoms with Gasteiger partial charge in [0.15, 0.2) is 9.84 Å². The molecule has 7 nitrogen and oxygen atoms in total. The van der Waals surface area contributed by atoms with Crippen LogP contribution >= 0.6 is 11.3 Å². The number of hydrogen-bond acceptors (Lipinski definition) is 5. The largest absolute Gasteiger partial charge is 0.366 e. The fraction of sp³-hybridized carbons (Fsp3) is 0.294. The van der Waals surface area contributed by atoms with Crippen molar-refractivity contribution >= 4 is 33.1 Å². The highest BCUT2D eigenvalue weighted by Gasteiger charge is 2.23. The number of primary amides is 1. The number of carbonyl (C=O) groups excluding carboxylic acids is 2. The molecule has 0 spiro atoms. The van der Waals surface area contributed by atoms with Gasteiger partial charge in [0.2, 0.25) is 5.91 Å². The second-order valence-corrected chi connectivity index (χ2v) is 9.54. The van der Waals surface area contributed by atoms with E-state index in [1.54, 1.807) is 29.2 Å². The van der Waals surface area contributed by atoms with Crippen molar-refractivity contribution in [1.29, 1.82) is 0 Å². The normalized spacial score (nSPS) is 14.0. The lowest BCUT2D eigenvalue weighted by atomic mass is 9.94. The molecule has 2 heterocycles. The van der Waals surface area contributed by atoms with Crippen molar-refractivity contribution in [2.24, 2.45) is 5.73 Å². The molecule has 0 saturated carbocycles. The lowest BCUT2D eigenvalue weighted by molar-refractivity contribution is 0.0998. The summed E-state index contributed by atoms with van der Waals surface area (Å²) in [5, 5.41) is 2.81. The second kappa shape index (κ2) is 7.08. The Kier molecular flexibility index (Phi) is 5.01. The van der Waals surface area contributed by atoms with Gasteiger partial charge in [-0.3, -0.25) is 4.79 Å². The summed E-state index contributed by atoms with van der Waals surface area (Å²) in [4.78, 5) is 26.4. The number of nitrogens with one attached hydrogen (secondary N) is 1. The fourth-order valence-electron chi connectivity index (χ4n) is 2.94. The van der Waals surface area contributed by atoms with E-state index >= 15 is 0 Å². The highest BCUT2D eigenvalue weighted by atomic mass is 32.2. The Morgan fingerprint density at radius 1 is 1.27 bits per heavy atom. The van der Waals surface area contributed by atoms with Crippen molar-refractivity contribution in [3.05, 3.63) is 51.9 Å². The molecule has 3 rings (SSSR count). The van der Waals surface area contributed by atoms with Crippen LogP contribution in [-0.2, 0) is 29.3 Å². The summed E-state index contributed by atoms with van der Waals surface area (Å²) in [7, 11) is -3.23. The molecule has 0 saturated heterocycles. The lowest BCUT2D eigenvalue weighted by Crippen LogP contribution is -2.42. The Balaban J connectivity index is 1.64. The van der Waals surface area contributed by atoms with E-state index in [2.05, 4.69) is 5.32 Å². The van der Waals surface area contributed by atoms with Crippen LogP contribution in [0.2, 0.25) is 0 Å². The van der Waals surface area contributed by atoms with Gasteiger partial charge in [-0.2, -0.15) is 0 Å². The van der Waals surface area contributed by atoms with Gasteiger partial charge in [-0.05, 0) is 35.7 Å². The van der Waals surface area contributed by atoms with Gasteiger partial charge in [-0.25, -0.2) is 13.2 Å². The standard InChI is InChI=1S/C17H19N3O4S2/c1-26(23,24)15-6-5-12(25-15)9-19-17(22)20-8-7-13-11(10-20)3-2-4-14(13)16(18)21/h2-6H,7-10H2,1H3,(H2,18,21)(H,19,22). The number of benzene rings is 1. The zero-order chi connectivity index (χ0) is 18.9. The Bertz CT molecular complexity index is 966. The predicted molar refractivity (Wildman–Crippen MR) is 98.7 cm³/mol. The first-order valence-corrected chi connectivity index (χ1v) is 10.7. The zero-order valence-corrected chi connectivity index (χ0v) is 15.8. The minimum atomic E-state index is -3.23. The summed E-state index contributed by atoms with van der Waals surface area (Å²) < 4.78 is 23.3. The maximum Gasteiger partial charge on any atom is 0.318 e. The highest BCUT2D eigenvalue weighted by molar-refractivity contribution is 7.92. The smallest absolute Gasteiger partial charge is 0.318 e. The molecule has 0 fully saturated rings. The molecule has 1 aromatic heterocycles. The first-order valence-electron chi connectivity index (χ1n) is 7.98. The second-order valence-electron chi connectivity index (χ2n) is 6.13. The van der Waals surface area contributed by atoms with Crippen molar-refractivity contribution in [3.8, 4) is 0 Å². The van der Waals surface area contributed by atoms with E-state index in [9.17, 15) is 18.0 Å². The molecule has 138 valence electrons. The lowest BCUT2D eigenvalue weighted by Gasteiger charge is -2.29. The molecule has 1 aliphatic heterocycles. The van der Waals surface area contributed by atoms with E-state index in [1.807, 2.05) is 6.07 Å². The molecule has 3 amide bonds. The van der Waals surface area contributed by atoms with Crippen LogP contribution in [0.3, 0.4) is 0 Å². The quantitative estimate of drug-likeness (QED) is 0.820. The van der Waals surface area contributed by atoms with Crippen molar-refractivity contribution < 1.29 is 18.0 Å². The molecular weight excluding hydrogens is 374 g/mol. The monoisotopic (exact) mass is 393 g/mol. The summed E-state index contributed by atoms with van der Waals surface area (Å²) in [6.07, 6.45) is 1.73. The van der Waals surface area contributed by atoms with E-state index in [0.29, 0.717) is 25.1 Å². The average Bonchev–Trinajstić information content (AvgIpc) is 3.08. The van der Waals surface area contributed by atoms with E-state index < -0.39 is 15.7 Å². The first-order chi connectivity index (χ1) is 12.3. The van der Waals surface area contributed by atoms with Crippen LogP contribution in [-0.4, -0.2) is 38.1 Å². The number of urea groups is 1. The van der Waals surface area contributed by atoms with Crippen molar-refractivity contribution in [2.45, 2.75) is 23.7 Å². The first kappa shape index (κ1) is 18.4. The minimum absolute atomic E-state index is 0.227. The van der Waals surface area contributed by atoms with Gasteiger partial charge < -0.3 is 16.0 Å². The summed E-state index contributed by atoms with van der Waals surface area (Å²) in [6, 6.07) is 8.37. The number of nitrogens with two attached hydrogens (primary N) is 1. The van der Waals surface area contributed by atoms with Gasteiger partial charge in [0, 0.05) is 29.8 Å². The Morgan fingerprint density at radius 2 is 2.04 bits per heavy atom. The van der Waals surface area contributed by atoms with Crippen LogP contribution in [0.4, 0.5) is 4.79 Å². The van der Waals surface area contributed by atoms with Crippen molar-refractivity contribution in [3.63, 3.8) is 0 Å². The number of hydrogen-bond donors (Lipinski definition) is 2. The molecule has 1 aromatic carbocycles. The van der Waals surface area contributed by atoms with Gasteiger partial charge in [0.1, 0.15) is 4.21 Å². The predicted octanol–water partition coefficient (Wildman–Crippen LogP) is 1.52. The van der Waals surface area contributed by atoms with E-state index in [0.717, 1.165) is 33.6 Å². The van der Waals surface area contributed by atoms with Crippen LogP contribution in [0.25, 0.3) is 0 Å². The highest BCUT2D eigenvalue weighted by Crippen LogP contribution is 2.23. The fourth-order valence-corrected chi connectivity index (χ4v) is 4.86. The number of fused-ring (bicyclic) bond motifs is 1. The van der Waals surface area contributed by atoms with E-state index in [-0.39, 0.29) is 16.8 Å². The number of rotatable bonds is 4. The summed E-state index contributed by atoms with van der Waals surface area (Å²) in [6.45, 7) is 1.16. The third-order valence-electron chi connectivity index (χ3n) is 4.23. The molecule has 26 heavy (non-hydrogen) atoms. The number of thiophene rings is 1. The average molecular weight is 393 g/mol. The van der Waals surface area contributed by atoms with E-state index in [1.165, 1.54) is 0 Å². The van der Waals surface area contributed by atoms with Crippen molar-refractivity contribution in [1.82, 2.24) is 10.2 Å². The summed E-state index contributed by atoms with van der Waals surface area (Å²) in [5.41, 5.74) is 7.73. The summed E-state index contributed by atoms with van der Waals surface area (Å²) in [5.74, 6) is -0.459. The van der Waals surface area contributed by atoms with Crippen molar-refractivity contribution in [2.75, 3.05) is 12.8 Å². The van der Waals surface area contributed by atoms with Crippen LogP contribution in [0.1, 0.15) is 26.4 Å². The third kappa shape index (κ3) is 3.88. The molecule has 0 bridgehead atoms. The number of nitrogens with zero attached hydrogens (tertiary/aromatic N) is 1. The minimum Gasteiger partial charge on any atom is -0.366 e. The molecule has 0 atom stereocenters. The van der Waals surface area contributed by atoms with Gasteiger partial charge in [-0.1, -0.05) is 12.1 Å². The van der Waals surface area contributed by atoms with Gasteiger partial charge >= 0.3 is 6.03 Å². The van der Waals surface area contributed by atoms with Crippen LogP contribution < -0.4 is 11.1 Å². The Hall–Kier alpha value is -2.39.